The largest absolute Gasteiger partial charge is 0.495 e. The smallest absolute Gasteiger partial charge is 0.174 e. The highest BCUT2D eigenvalue weighted by molar-refractivity contribution is 5.58. The number of hydrogen-bond acceptors (Lipinski definition) is 8. The molecule has 0 bridgehead atoms. The van der Waals surface area contributed by atoms with Crippen LogP contribution in [0.4, 0.5) is 0 Å². The lowest BCUT2D eigenvalue weighted by Gasteiger charge is -2.42. The van der Waals surface area contributed by atoms with E-state index in [9.17, 15) is 10.4 Å². The van der Waals surface area contributed by atoms with Crippen molar-refractivity contribution < 1.29 is 24.4 Å². The van der Waals surface area contributed by atoms with E-state index in [1.807, 2.05) is 30.3 Å². The summed E-state index contributed by atoms with van der Waals surface area (Å²) < 4.78 is 18.2. The van der Waals surface area contributed by atoms with Crippen molar-refractivity contribution in [2.75, 3.05) is 47.1 Å². The van der Waals surface area contributed by atoms with E-state index in [-0.39, 0.29) is 11.8 Å². The average Bonchev–Trinajstić information content (AvgIpc) is 3.40. The molecule has 2 N–H and O–H groups in total. The molecule has 2 fully saturated rings. The van der Waals surface area contributed by atoms with E-state index in [4.69, 9.17) is 19.3 Å². The van der Waals surface area contributed by atoms with Gasteiger partial charge in [0, 0.05) is 38.6 Å². The molecule has 1 aromatic heterocycles. The lowest BCUT2D eigenvalue weighted by molar-refractivity contribution is -0.134. The SMILES string of the molecule is CO.COc1cncc2c1C1(O)C(CN3CCOCC3)CC(c3ccccc3)C1(c1ccc(C#N)cc1)O2. The van der Waals surface area contributed by atoms with Crippen LogP contribution in [-0.4, -0.2) is 67.2 Å². The molecule has 2 aromatic carbocycles. The van der Waals surface area contributed by atoms with E-state index in [0.29, 0.717) is 42.4 Å². The zero-order valence-corrected chi connectivity index (χ0v) is 21.7. The minimum Gasteiger partial charge on any atom is -0.495 e. The van der Waals surface area contributed by atoms with E-state index in [2.05, 4.69) is 28.1 Å². The van der Waals surface area contributed by atoms with Gasteiger partial charge in [0.1, 0.15) is 17.1 Å². The second-order valence-electron chi connectivity index (χ2n) is 9.82. The fourth-order valence-electron chi connectivity index (χ4n) is 6.56. The second-order valence-corrected chi connectivity index (χ2v) is 9.82. The molecule has 1 aliphatic carbocycles. The first-order chi connectivity index (χ1) is 18.6. The summed E-state index contributed by atoms with van der Waals surface area (Å²) in [6.45, 7) is 3.74. The molecule has 198 valence electrons. The molecule has 38 heavy (non-hydrogen) atoms. The molecule has 1 saturated carbocycles. The quantitative estimate of drug-likeness (QED) is 0.534. The molecule has 1 saturated heterocycles. The van der Waals surface area contributed by atoms with Crippen LogP contribution in [0.25, 0.3) is 0 Å². The van der Waals surface area contributed by atoms with E-state index in [1.54, 1.807) is 31.6 Å². The Bertz CT molecular complexity index is 1290. The number of pyridine rings is 1. The van der Waals surface area contributed by atoms with Gasteiger partial charge in [0.2, 0.25) is 0 Å². The third kappa shape index (κ3) is 3.94. The molecular weight excluding hydrogens is 482 g/mol. The number of nitriles is 1. The first-order valence-electron chi connectivity index (χ1n) is 12.9. The van der Waals surface area contributed by atoms with Gasteiger partial charge < -0.3 is 24.4 Å². The number of rotatable bonds is 5. The molecule has 0 amide bonds. The fourth-order valence-corrected chi connectivity index (χ4v) is 6.56. The highest BCUT2D eigenvalue weighted by Gasteiger charge is 2.73. The summed E-state index contributed by atoms with van der Waals surface area (Å²) in [7, 11) is 2.60. The number of aliphatic hydroxyl groups excluding tert-OH is 1. The van der Waals surface area contributed by atoms with Crippen molar-refractivity contribution in [3.63, 3.8) is 0 Å². The number of ether oxygens (including phenoxy) is 3. The number of fused-ring (bicyclic) bond motifs is 3. The van der Waals surface area contributed by atoms with Gasteiger partial charge in [0.15, 0.2) is 5.60 Å². The number of morpholine rings is 1. The molecule has 2 aliphatic heterocycles. The lowest BCUT2D eigenvalue weighted by atomic mass is 9.70. The van der Waals surface area contributed by atoms with Crippen LogP contribution in [-0.2, 0) is 15.9 Å². The first kappa shape index (κ1) is 26.1. The molecule has 3 aliphatic rings. The highest BCUT2D eigenvalue weighted by Crippen LogP contribution is 2.70. The van der Waals surface area contributed by atoms with Gasteiger partial charge in [-0.3, -0.25) is 9.88 Å². The van der Waals surface area contributed by atoms with Crippen LogP contribution < -0.4 is 9.47 Å². The van der Waals surface area contributed by atoms with Gasteiger partial charge in [0.25, 0.3) is 0 Å². The van der Waals surface area contributed by atoms with Crippen molar-refractivity contribution in [1.29, 1.82) is 5.26 Å². The Balaban J connectivity index is 0.00000144. The number of nitrogens with zero attached hydrogens (tertiary/aromatic N) is 3. The van der Waals surface area contributed by atoms with Crippen LogP contribution in [0, 0.1) is 17.2 Å². The molecule has 0 radical (unpaired) electrons. The van der Waals surface area contributed by atoms with Crippen LogP contribution in [0.1, 0.15) is 34.6 Å². The predicted molar refractivity (Wildman–Crippen MR) is 141 cm³/mol. The Morgan fingerprint density at radius 2 is 1.79 bits per heavy atom. The van der Waals surface area contributed by atoms with Gasteiger partial charge in [-0.05, 0) is 29.7 Å². The van der Waals surface area contributed by atoms with Crippen molar-refractivity contribution in [1.82, 2.24) is 9.88 Å². The van der Waals surface area contributed by atoms with Gasteiger partial charge in [-0.1, -0.05) is 42.5 Å². The van der Waals surface area contributed by atoms with E-state index in [1.165, 1.54) is 0 Å². The Morgan fingerprint density at radius 1 is 1.08 bits per heavy atom. The van der Waals surface area contributed by atoms with Crippen molar-refractivity contribution in [3.05, 3.63) is 89.2 Å². The van der Waals surface area contributed by atoms with Gasteiger partial charge in [0.05, 0.1) is 49.9 Å². The van der Waals surface area contributed by atoms with Gasteiger partial charge in [-0.25, -0.2) is 0 Å². The monoisotopic (exact) mass is 515 g/mol. The second kappa shape index (κ2) is 10.7. The molecule has 6 rings (SSSR count). The number of aliphatic hydroxyl groups is 2. The van der Waals surface area contributed by atoms with Crippen LogP contribution in [0.15, 0.2) is 67.0 Å². The Kier molecular flexibility index (Phi) is 7.37. The standard InChI is InChI=1S/C29H29N3O4.CH4O/c1-34-25-17-31-18-26-27(25)28(33)23(19-32-11-13-35-14-12-32)15-24(21-5-3-2-4-6-21)29(28,36-26)22-9-7-20(16-30)8-10-22;1-2/h2-10,17-18,23-24,33H,11-15,19H2,1H3;2H,1H3. The average molecular weight is 516 g/mol. The third-order valence-electron chi connectivity index (χ3n) is 8.14. The maximum atomic E-state index is 13.1. The molecule has 8 nitrogen and oxygen atoms in total. The summed E-state index contributed by atoms with van der Waals surface area (Å²) in [4.78, 5) is 6.71. The summed E-state index contributed by atoms with van der Waals surface area (Å²) in [6, 6.07) is 19.9. The summed E-state index contributed by atoms with van der Waals surface area (Å²) in [6.07, 6.45) is 4.05. The predicted octanol–water partition coefficient (Wildman–Crippen LogP) is 3.18. The van der Waals surface area contributed by atoms with E-state index < -0.39 is 11.2 Å². The summed E-state index contributed by atoms with van der Waals surface area (Å²) in [5.41, 5.74) is 0.653. The Hall–Kier alpha value is -3.48. The molecular formula is C30H33N3O5. The normalized spacial score (nSPS) is 27.8. The van der Waals surface area contributed by atoms with Crippen LogP contribution in [0.2, 0.25) is 0 Å². The molecule has 8 heteroatoms. The molecule has 0 spiro atoms. The zero-order valence-electron chi connectivity index (χ0n) is 21.7. The van der Waals surface area contributed by atoms with Crippen molar-refractivity contribution >= 4 is 0 Å². The minimum absolute atomic E-state index is 0.139. The summed E-state index contributed by atoms with van der Waals surface area (Å²) >= 11 is 0. The number of benzene rings is 2. The topological polar surface area (TPSA) is 108 Å². The lowest BCUT2D eigenvalue weighted by Crippen LogP contribution is -2.53. The summed E-state index contributed by atoms with van der Waals surface area (Å²) in [5.74, 6) is 0.772. The Labute approximate surface area is 223 Å². The maximum Gasteiger partial charge on any atom is 0.174 e. The molecule has 4 unspecified atom stereocenters. The van der Waals surface area contributed by atoms with Crippen LogP contribution in [0.3, 0.4) is 0 Å². The minimum atomic E-state index is -1.39. The van der Waals surface area contributed by atoms with Crippen molar-refractivity contribution in [2.45, 2.75) is 23.5 Å². The third-order valence-corrected chi connectivity index (χ3v) is 8.14. The van der Waals surface area contributed by atoms with Gasteiger partial charge in [-0.15, -0.1) is 0 Å². The van der Waals surface area contributed by atoms with E-state index >= 15 is 0 Å². The first-order valence-corrected chi connectivity index (χ1v) is 12.9. The van der Waals surface area contributed by atoms with E-state index in [0.717, 1.165) is 37.7 Å². The number of hydrogen-bond donors (Lipinski definition) is 2. The number of aromatic nitrogens is 1. The molecule has 3 heterocycles. The zero-order chi connectivity index (χ0) is 26.8. The number of methoxy groups -OCH3 is 1. The Morgan fingerprint density at radius 3 is 2.45 bits per heavy atom. The van der Waals surface area contributed by atoms with Crippen molar-refractivity contribution in [3.8, 4) is 17.6 Å². The van der Waals surface area contributed by atoms with Crippen LogP contribution >= 0.6 is 0 Å². The molecule has 3 aromatic rings. The fraction of sp³-hybridized carbons (Fsp3) is 0.400. The molecule has 4 atom stereocenters. The van der Waals surface area contributed by atoms with Gasteiger partial charge >= 0.3 is 0 Å². The van der Waals surface area contributed by atoms with Gasteiger partial charge in [-0.2, -0.15) is 5.26 Å². The van der Waals surface area contributed by atoms with Crippen molar-refractivity contribution in [2.24, 2.45) is 5.92 Å². The summed E-state index contributed by atoms with van der Waals surface area (Å²) in [5, 5.41) is 29.5. The van der Waals surface area contributed by atoms with Crippen LogP contribution in [0.5, 0.6) is 11.5 Å². The highest BCUT2D eigenvalue weighted by atomic mass is 16.5. The maximum absolute atomic E-state index is 13.1.